The Morgan fingerprint density at radius 2 is 1.96 bits per heavy atom. The van der Waals surface area contributed by atoms with E-state index >= 15 is 0 Å². The number of thiazole rings is 1. The Balaban J connectivity index is 1.74. The molecular weight excluding hydrogens is 336 g/mol. The summed E-state index contributed by atoms with van der Waals surface area (Å²) in [5.41, 5.74) is 2.79. The van der Waals surface area contributed by atoms with Crippen LogP contribution in [-0.4, -0.2) is 22.2 Å². The lowest BCUT2D eigenvalue weighted by molar-refractivity contribution is 0.0697. The number of rotatable bonds is 6. The van der Waals surface area contributed by atoms with Gasteiger partial charge >= 0.3 is 5.97 Å². The molecule has 0 atom stereocenters. The number of nitrogens with zero attached hydrogens (tertiary/aromatic N) is 1. The maximum Gasteiger partial charge on any atom is 0.335 e. The molecule has 0 amide bonds. The number of anilines is 2. The number of aromatic carboxylic acids is 1. The average Bonchev–Trinajstić information content (AvgIpc) is 3.03. The highest BCUT2D eigenvalue weighted by molar-refractivity contribution is 7.14. The SMILES string of the molecule is CC(C)Oc1ccc(-c2csc(Nc3cccc(C(=O)O)c3)n2)cc1. The van der Waals surface area contributed by atoms with Crippen molar-refractivity contribution in [1.82, 2.24) is 4.98 Å². The van der Waals surface area contributed by atoms with Crippen molar-refractivity contribution in [2.75, 3.05) is 5.32 Å². The van der Waals surface area contributed by atoms with Gasteiger partial charge in [-0.05, 0) is 56.3 Å². The fourth-order valence-electron chi connectivity index (χ4n) is 2.29. The topological polar surface area (TPSA) is 71.5 Å². The fourth-order valence-corrected chi connectivity index (χ4v) is 3.03. The van der Waals surface area contributed by atoms with Gasteiger partial charge in [-0.15, -0.1) is 11.3 Å². The second-order valence-electron chi connectivity index (χ2n) is 5.74. The van der Waals surface area contributed by atoms with Crippen molar-refractivity contribution in [2.45, 2.75) is 20.0 Å². The molecule has 128 valence electrons. The number of ether oxygens (including phenoxy) is 1. The number of carbonyl (C=O) groups is 1. The van der Waals surface area contributed by atoms with E-state index in [-0.39, 0.29) is 11.7 Å². The molecule has 0 radical (unpaired) electrons. The van der Waals surface area contributed by atoms with Crippen molar-refractivity contribution < 1.29 is 14.6 Å². The predicted octanol–water partition coefficient (Wildman–Crippen LogP) is 5.04. The summed E-state index contributed by atoms with van der Waals surface area (Å²) in [4.78, 5) is 15.6. The smallest absolute Gasteiger partial charge is 0.335 e. The summed E-state index contributed by atoms with van der Waals surface area (Å²) in [5.74, 6) is -0.120. The molecule has 0 saturated heterocycles. The van der Waals surface area contributed by atoms with Gasteiger partial charge in [0.15, 0.2) is 5.13 Å². The van der Waals surface area contributed by atoms with Gasteiger partial charge in [-0.25, -0.2) is 9.78 Å². The van der Waals surface area contributed by atoms with Crippen LogP contribution in [0.4, 0.5) is 10.8 Å². The van der Waals surface area contributed by atoms with Gasteiger partial charge in [-0.3, -0.25) is 0 Å². The van der Waals surface area contributed by atoms with Crippen LogP contribution in [0.1, 0.15) is 24.2 Å². The molecule has 1 heterocycles. The van der Waals surface area contributed by atoms with E-state index in [2.05, 4.69) is 10.3 Å². The molecule has 0 saturated carbocycles. The van der Waals surface area contributed by atoms with Crippen LogP contribution in [0.25, 0.3) is 11.3 Å². The number of hydrogen-bond donors (Lipinski definition) is 2. The normalized spacial score (nSPS) is 10.7. The molecule has 2 N–H and O–H groups in total. The third kappa shape index (κ3) is 4.36. The highest BCUT2D eigenvalue weighted by atomic mass is 32.1. The van der Waals surface area contributed by atoms with Crippen LogP contribution in [0.3, 0.4) is 0 Å². The second kappa shape index (κ2) is 7.36. The Labute approximate surface area is 149 Å². The highest BCUT2D eigenvalue weighted by Gasteiger charge is 2.08. The number of benzene rings is 2. The van der Waals surface area contributed by atoms with Crippen LogP contribution in [0.5, 0.6) is 5.75 Å². The Kier molecular flexibility index (Phi) is 5.00. The molecule has 6 heteroatoms. The number of carboxylic acids is 1. The van der Waals surface area contributed by atoms with Crippen LogP contribution in [-0.2, 0) is 0 Å². The van der Waals surface area contributed by atoms with Crippen molar-refractivity contribution in [3.63, 3.8) is 0 Å². The Morgan fingerprint density at radius 3 is 2.64 bits per heavy atom. The first-order chi connectivity index (χ1) is 12.0. The first kappa shape index (κ1) is 17.0. The van der Waals surface area contributed by atoms with E-state index in [9.17, 15) is 4.79 Å². The summed E-state index contributed by atoms with van der Waals surface area (Å²) in [6.45, 7) is 3.98. The average molecular weight is 354 g/mol. The minimum absolute atomic E-state index is 0.141. The van der Waals surface area contributed by atoms with E-state index < -0.39 is 5.97 Å². The third-order valence-electron chi connectivity index (χ3n) is 3.39. The predicted molar refractivity (Wildman–Crippen MR) is 100.0 cm³/mol. The standard InChI is InChI=1S/C19H18N2O3S/c1-12(2)24-16-8-6-13(7-9-16)17-11-25-19(21-17)20-15-5-3-4-14(10-15)18(22)23/h3-12H,1-2H3,(H,20,21)(H,22,23). The van der Waals surface area contributed by atoms with E-state index in [0.29, 0.717) is 10.8 Å². The van der Waals surface area contributed by atoms with Crippen molar-refractivity contribution in [1.29, 1.82) is 0 Å². The lowest BCUT2D eigenvalue weighted by Gasteiger charge is -2.09. The molecule has 5 nitrogen and oxygen atoms in total. The van der Waals surface area contributed by atoms with Gasteiger partial charge < -0.3 is 15.2 Å². The summed E-state index contributed by atoms with van der Waals surface area (Å²) in [6.07, 6.45) is 0.141. The molecule has 0 aliphatic rings. The van der Waals surface area contributed by atoms with Gasteiger partial charge in [0.05, 0.1) is 17.4 Å². The zero-order valence-electron chi connectivity index (χ0n) is 13.9. The van der Waals surface area contributed by atoms with Gasteiger partial charge in [-0.1, -0.05) is 6.07 Å². The third-order valence-corrected chi connectivity index (χ3v) is 4.14. The zero-order valence-corrected chi connectivity index (χ0v) is 14.7. The van der Waals surface area contributed by atoms with Crippen LogP contribution in [0.2, 0.25) is 0 Å². The number of aromatic nitrogens is 1. The Morgan fingerprint density at radius 1 is 1.20 bits per heavy atom. The molecule has 0 fully saturated rings. The van der Waals surface area contributed by atoms with E-state index in [1.54, 1.807) is 18.2 Å². The lowest BCUT2D eigenvalue weighted by atomic mass is 10.2. The summed E-state index contributed by atoms with van der Waals surface area (Å²) in [5, 5.41) is 14.9. The number of hydrogen-bond acceptors (Lipinski definition) is 5. The van der Waals surface area contributed by atoms with Crippen LogP contribution in [0, 0.1) is 0 Å². The Bertz CT molecular complexity index is 872. The fraction of sp³-hybridized carbons (Fsp3) is 0.158. The summed E-state index contributed by atoms with van der Waals surface area (Å²) < 4.78 is 5.64. The minimum atomic E-state index is -0.952. The van der Waals surface area contributed by atoms with Crippen molar-refractivity contribution in [3.05, 3.63) is 59.5 Å². The first-order valence-corrected chi connectivity index (χ1v) is 8.72. The monoisotopic (exact) mass is 354 g/mol. The maximum atomic E-state index is 11.0. The highest BCUT2D eigenvalue weighted by Crippen LogP contribution is 2.28. The molecule has 2 aromatic carbocycles. The van der Waals surface area contributed by atoms with Gasteiger partial charge in [0.2, 0.25) is 0 Å². The molecule has 0 spiro atoms. The molecular formula is C19H18N2O3S. The van der Waals surface area contributed by atoms with Crippen molar-refractivity contribution in [2.24, 2.45) is 0 Å². The van der Waals surface area contributed by atoms with Gasteiger partial charge in [0, 0.05) is 16.6 Å². The lowest BCUT2D eigenvalue weighted by Crippen LogP contribution is -2.05. The van der Waals surface area contributed by atoms with Crippen LogP contribution in [0.15, 0.2) is 53.9 Å². The van der Waals surface area contributed by atoms with Gasteiger partial charge in [0.1, 0.15) is 5.75 Å². The van der Waals surface area contributed by atoms with Crippen LogP contribution < -0.4 is 10.1 Å². The molecule has 25 heavy (non-hydrogen) atoms. The largest absolute Gasteiger partial charge is 0.491 e. The molecule has 0 unspecified atom stereocenters. The molecule has 0 aliphatic carbocycles. The van der Waals surface area contributed by atoms with E-state index in [0.717, 1.165) is 17.0 Å². The zero-order chi connectivity index (χ0) is 17.8. The maximum absolute atomic E-state index is 11.0. The minimum Gasteiger partial charge on any atom is -0.491 e. The van der Waals surface area contributed by atoms with E-state index in [1.807, 2.05) is 49.6 Å². The van der Waals surface area contributed by atoms with E-state index in [1.165, 1.54) is 11.3 Å². The molecule has 0 aliphatic heterocycles. The second-order valence-corrected chi connectivity index (χ2v) is 6.60. The first-order valence-electron chi connectivity index (χ1n) is 7.84. The molecule has 3 aromatic rings. The quantitative estimate of drug-likeness (QED) is 0.649. The van der Waals surface area contributed by atoms with E-state index in [4.69, 9.17) is 9.84 Å². The Hall–Kier alpha value is -2.86. The molecule has 0 bridgehead atoms. The van der Waals surface area contributed by atoms with Gasteiger partial charge in [-0.2, -0.15) is 0 Å². The summed E-state index contributed by atoms with van der Waals surface area (Å²) >= 11 is 1.47. The van der Waals surface area contributed by atoms with Crippen molar-refractivity contribution in [3.8, 4) is 17.0 Å². The van der Waals surface area contributed by atoms with Gasteiger partial charge in [0.25, 0.3) is 0 Å². The summed E-state index contributed by atoms with van der Waals surface area (Å²) in [7, 11) is 0. The number of nitrogens with one attached hydrogen (secondary N) is 1. The van der Waals surface area contributed by atoms with Crippen molar-refractivity contribution >= 4 is 28.1 Å². The number of carboxylic acid groups (broad SMARTS) is 1. The molecule has 1 aromatic heterocycles. The molecule has 3 rings (SSSR count). The van der Waals surface area contributed by atoms with Crippen LogP contribution >= 0.6 is 11.3 Å². The summed E-state index contributed by atoms with van der Waals surface area (Å²) in [6, 6.07) is 14.5.